The van der Waals surface area contributed by atoms with Crippen LogP contribution in [0.1, 0.15) is 0 Å². The second-order valence-electron chi connectivity index (χ2n) is 1.59. The van der Waals surface area contributed by atoms with Crippen LogP contribution in [0.4, 0.5) is 0 Å². The van der Waals surface area contributed by atoms with Crippen LogP contribution in [0.5, 0.6) is 0 Å². The summed E-state index contributed by atoms with van der Waals surface area (Å²) in [6.45, 7) is -0.839. The van der Waals surface area contributed by atoms with Crippen LogP contribution in [0.3, 0.4) is 0 Å². The van der Waals surface area contributed by atoms with E-state index in [1.54, 1.807) is 0 Å². The quantitative estimate of drug-likeness (QED) is 0.386. The Morgan fingerprint density at radius 1 is 1.45 bits per heavy atom. The van der Waals surface area contributed by atoms with Gasteiger partial charge in [0.1, 0.15) is 6.54 Å². The monoisotopic (exact) mass is 201 g/mol. The summed E-state index contributed by atoms with van der Waals surface area (Å²) in [6.07, 6.45) is 0. The molecule has 0 rings (SSSR count). The van der Waals surface area contributed by atoms with Crippen molar-refractivity contribution in [2.75, 3.05) is 6.54 Å². The van der Waals surface area contributed by atoms with Crippen molar-refractivity contribution < 1.29 is 19.9 Å². The van der Waals surface area contributed by atoms with Crippen LogP contribution in [0, 0.1) is 0 Å². The van der Waals surface area contributed by atoms with Crippen LogP contribution in [0.2, 0.25) is 0 Å². The Balaban J connectivity index is 3.93. The van der Waals surface area contributed by atoms with E-state index in [1.165, 1.54) is 0 Å². The Hall–Kier alpha value is -0.520. The molecule has 7 heteroatoms. The Morgan fingerprint density at radius 3 is 2.18 bits per heavy atom. The zero-order valence-corrected chi connectivity index (χ0v) is 6.71. The van der Waals surface area contributed by atoms with Crippen LogP contribution >= 0.6 is 23.2 Å². The number of carbonyl (C=O) groups excluding carboxylic acids is 1. The fourth-order valence-corrected chi connectivity index (χ4v) is 0.544. The zero-order chi connectivity index (χ0) is 9.02. The van der Waals surface area contributed by atoms with Crippen molar-refractivity contribution in [2.45, 2.75) is 4.84 Å². The van der Waals surface area contributed by atoms with E-state index in [-0.39, 0.29) is 5.06 Å². The van der Waals surface area contributed by atoms with Crippen molar-refractivity contribution in [3.8, 4) is 0 Å². The SMILES string of the molecule is O=C(O)CN(O)C(=O)C(Cl)Cl. The van der Waals surface area contributed by atoms with Gasteiger partial charge in [-0.05, 0) is 0 Å². The lowest BCUT2D eigenvalue weighted by molar-refractivity contribution is -0.171. The van der Waals surface area contributed by atoms with E-state index in [9.17, 15) is 9.59 Å². The lowest BCUT2D eigenvalue weighted by Gasteiger charge is -2.11. The molecule has 11 heavy (non-hydrogen) atoms. The molecule has 0 heterocycles. The van der Waals surface area contributed by atoms with Crippen molar-refractivity contribution in [1.29, 1.82) is 0 Å². The summed E-state index contributed by atoms with van der Waals surface area (Å²) in [7, 11) is 0. The molecule has 5 nitrogen and oxygen atoms in total. The number of amides is 1. The highest BCUT2D eigenvalue weighted by Crippen LogP contribution is 2.04. The highest BCUT2D eigenvalue weighted by molar-refractivity contribution is 6.53. The zero-order valence-electron chi connectivity index (χ0n) is 5.20. The number of hydrogen-bond donors (Lipinski definition) is 2. The maximum Gasteiger partial charge on any atom is 0.325 e. The topological polar surface area (TPSA) is 77.8 Å². The van der Waals surface area contributed by atoms with Gasteiger partial charge >= 0.3 is 5.97 Å². The first-order chi connectivity index (χ1) is 4.95. The summed E-state index contributed by atoms with van der Waals surface area (Å²) in [5, 5.41) is 16.6. The summed E-state index contributed by atoms with van der Waals surface area (Å²) in [5.74, 6) is -2.41. The van der Waals surface area contributed by atoms with E-state index in [2.05, 4.69) is 0 Å². The fraction of sp³-hybridized carbons (Fsp3) is 0.500. The first kappa shape index (κ1) is 10.5. The van der Waals surface area contributed by atoms with Crippen LogP contribution in [-0.4, -0.2) is 38.6 Å². The number of halogens is 2. The molecular weight excluding hydrogens is 197 g/mol. The number of alkyl halides is 2. The van der Waals surface area contributed by atoms with Gasteiger partial charge < -0.3 is 5.11 Å². The summed E-state index contributed by atoms with van der Waals surface area (Å²) in [6, 6.07) is 0. The molecule has 0 saturated carbocycles. The summed E-state index contributed by atoms with van der Waals surface area (Å²) in [4.78, 5) is 19.0. The van der Waals surface area contributed by atoms with E-state index in [0.717, 1.165) is 0 Å². The molecule has 0 saturated heterocycles. The minimum absolute atomic E-state index is 0.0625. The Bertz CT molecular complexity index is 171. The molecule has 0 bridgehead atoms. The van der Waals surface area contributed by atoms with Gasteiger partial charge in [0.2, 0.25) is 0 Å². The molecular formula is C4H5Cl2NO4. The second kappa shape index (κ2) is 4.38. The van der Waals surface area contributed by atoms with Crippen LogP contribution in [-0.2, 0) is 9.59 Å². The average molecular weight is 202 g/mol. The van der Waals surface area contributed by atoms with E-state index in [0.29, 0.717) is 0 Å². The molecule has 0 aromatic rings. The predicted molar refractivity (Wildman–Crippen MR) is 36.6 cm³/mol. The third-order valence-corrected chi connectivity index (χ3v) is 1.10. The third kappa shape index (κ3) is 4.02. The molecule has 0 radical (unpaired) electrons. The van der Waals surface area contributed by atoms with Gasteiger partial charge in [-0.1, -0.05) is 23.2 Å². The van der Waals surface area contributed by atoms with Crippen molar-refractivity contribution in [2.24, 2.45) is 0 Å². The van der Waals surface area contributed by atoms with Crippen LogP contribution in [0.15, 0.2) is 0 Å². The molecule has 0 aromatic carbocycles. The number of hydrogen-bond acceptors (Lipinski definition) is 3. The largest absolute Gasteiger partial charge is 0.480 e. The molecule has 0 spiro atoms. The maximum atomic E-state index is 10.5. The Kier molecular flexibility index (Phi) is 4.17. The van der Waals surface area contributed by atoms with Crippen molar-refractivity contribution >= 4 is 35.1 Å². The molecule has 0 aliphatic heterocycles. The van der Waals surface area contributed by atoms with Gasteiger partial charge in [-0.25, -0.2) is 5.06 Å². The van der Waals surface area contributed by atoms with E-state index < -0.39 is 23.3 Å². The molecule has 0 fully saturated rings. The maximum absolute atomic E-state index is 10.5. The lowest BCUT2D eigenvalue weighted by atomic mass is 10.6. The first-order valence-corrected chi connectivity index (χ1v) is 3.32. The van der Waals surface area contributed by atoms with E-state index >= 15 is 0 Å². The highest BCUT2D eigenvalue weighted by atomic mass is 35.5. The van der Waals surface area contributed by atoms with Crippen molar-refractivity contribution in [3.63, 3.8) is 0 Å². The molecule has 2 N–H and O–H groups in total. The fourth-order valence-electron chi connectivity index (χ4n) is 0.319. The molecule has 0 unspecified atom stereocenters. The smallest absolute Gasteiger partial charge is 0.325 e. The molecule has 1 amide bonds. The molecule has 0 aliphatic carbocycles. The van der Waals surface area contributed by atoms with Gasteiger partial charge in [0.15, 0.2) is 4.84 Å². The number of carbonyl (C=O) groups is 2. The van der Waals surface area contributed by atoms with Crippen molar-refractivity contribution in [1.82, 2.24) is 5.06 Å². The molecule has 0 aromatic heterocycles. The summed E-state index contributed by atoms with van der Waals surface area (Å²) < 4.78 is 0. The predicted octanol–water partition coefficient (Wildman–Crippen LogP) is 0.0925. The number of hydroxylamine groups is 2. The van der Waals surface area contributed by atoms with Gasteiger partial charge in [0.05, 0.1) is 0 Å². The number of carboxylic acid groups (broad SMARTS) is 1. The number of carboxylic acids is 1. The van der Waals surface area contributed by atoms with Crippen LogP contribution < -0.4 is 0 Å². The van der Waals surface area contributed by atoms with E-state index in [4.69, 9.17) is 33.5 Å². The standard InChI is InChI=1S/C4H5Cl2NO4/c5-3(6)4(10)7(11)1-2(8)9/h3,11H,1H2,(H,8,9). The van der Waals surface area contributed by atoms with E-state index in [1.807, 2.05) is 0 Å². The van der Waals surface area contributed by atoms with Crippen molar-refractivity contribution in [3.05, 3.63) is 0 Å². The van der Waals surface area contributed by atoms with Crippen LogP contribution in [0.25, 0.3) is 0 Å². The molecule has 64 valence electrons. The van der Waals surface area contributed by atoms with Gasteiger partial charge in [-0.2, -0.15) is 0 Å². The first-order valence-electron chi connectivity index (χ1n) is 2.45. The van der Waals surface area contributed by atoms with Gasteiger partial charge in [-0.15, -0.1) is 0 Å². The molecule has 0 aliphatic rings. The second-order valence-corrected chi connectivity index (χ2v) is 2.69. The Morgan fingerprint density at radius 2 is 1.91 bits per heavy atom. The van der Waals surface area contributed by atoms with Gasteiger partial charge in [0.25, 0.3) is 5.91 Å². The Labute approximate surface area is 72.1 Å². The molecule has 0 atom stereocenters. The number of aliphatic carboxylic acids is 1. The normalized spacial score (nSPS) is 9.82. The minimum atomic E-state index is -1.45. The number of nitrogens with zero attached hydrogens (tertiary/aromatic N) is 1. The van der Waals surface area contributed by atoms with Gasteiger partial charge in [0, 0.05) is 0 Å². The summed E-state index contributed by atoms with van der Waals surface area (Å²) >= 11 is 10.1. The lowest BCUT2D eigenvalue weighted by Crippen LogP contribution is -2.35. The van der Waals surface area contributed by atoms with Gasteiger partial charge in [-0.3, -0.25) is 14.8 Å². The number of rotatable bonds is 3. The average Bonchev–Trinajstić information content (AvgIpc) is 1.84. The highest BCUT2D eigenvalue weighted by Gasteiger charge is 2.20. The minimum Gasteiger partial charge on any atom is -0.480 e. The third-order valence-electron chi connectivity index (χ3n) is 0.726. The summed E-state index contributed by atoms with van der Waals surface area (Å²) in [5.41, 5.74) is 0.